The summed E-state index contributed by atoms with van der Waals surface area (Å²) in [4.78, 5) is 41.5. The number of carbonyl (C=O) groups is 3. The summed E-state index contributed by atoms with van der Waals surface area (Å²) in [5, 5.41) is 11.7. The van der Waals surface area contributed by atoms with Crippen molar-refractivity contribution in [1.82, 2.24) is 9.88 Å². The number of carbonyl (C=O) groups excluding carboxylic acids is 2. The minimum absolute atomic E-state index is 0.0533. The third-order valence-electron chi connectivity index (χ3n) is 4.24. The molecule has 1 fully saturated rings. The first-order valence-electron chi connectivity index (χ1n) is 8.45. The number of pyridine rings is 1. The third-order valence-corrected chi connectivity index (χ3v) is 4.24. The molecule has 8 heteroatoms. The van der Waals surface area contributed by atoms with Gasteiger partial charge in [0.2, 0.25) is 0 Å². The molecule has 0 aliphatic carbocycles. The summed E-state index contributed by atoms with van der Waals surface area (Å²) < 4.78 is 5.24. The zero-order chi connectivity index (χ0) is 19.4. The molecule has 2 amide bonds. The van der Waals surface area contributed by atoms with Gasteiger partial charge < -0.3 is 20.1 Å². The molecular weight excluding hydrogens is 350 g/mol. The number of benzene rings is 1. The highest BCUT2D eigenvalue weighted by atomic mass is 16.5. The van der Waals surface area contributed by atoms with Gasteiger partial charge in [-0.2, -0.15) is 0 Å². The molecule has 0 spiro atoms. The Kier molecular flexibility index (Phi) is 5.46. The lowest BCUT2D eigenvalue weighted by molar-refractivity contribution is 0.0303. The monoisotopic (exact) mass is 369 g/mol. The van der Waals surface area contributed by atoms with Gasteiger partial charge in [0.25, 0.3) is 11.8 Å². The van der Waals surface area contributed by atoms with Gasteiger partial charge in [-0.15, -0.1) is 0 Å². The summed E-state index contributed by atoms with van der Waals surface area (Å²) >= 11 is 0. The second-order valence-electron chi connectivity index (χ2n) is 6.07. The molecule has 2 heterocycles. The molecule has 2 N–H and O–H groups in total. The summed E-state index contributed by atoms with van der Waals surface area (Å²) in [6, 6.07) is 9.30. The highest BCUT2D eigenvalue weighted by Gasteiger charge is 2.18. The number of hydrogen-bond acceptors (Lipinski definition) is 5. The number of carboxylic acids is 1. The fourth-order valence-electron chi connectivity index (χ4n) is 2.75. The van der Waals surface area contributed by atoms with Crippen LogP contribution in [0.4, 0.5) is 5.69 Å². The molecule has 1 aliphatic rings. The highest BCUT2D eigenvalue weighted by molar-refractivity contribution is 6.03. The second-order valence-corrected chi connectivity index (χ2v) is 6.07. The SMILES string of the molecule is Cc1nc(C(=O)Nc2ccc(C(=O)N3CCOCC3)cc2)ccc1C(=O)O. The number of nitrogens with one attached hydrogen (secondary N) is 1. The van der Waals surface area contributed by atoms with Gasteiger partial charge in [-0.25, -0.2) is 9.78 Å². The van der Waals surface area contributed by atoms with Gasteiger partial charge in [0, 0.05) is 24.3 Å². The van der Waals surface area contributed by atoms with E-state index < -0.39 is 11.9 Å². The Hall–Kier alpha value is -3.26. The number of anilines is 1. The Balaban J connectivity index is 1.67. The first kappa shape index (κ1) is 18.5. The molecular formula is C19H19N3O5. The van der Waals surface area contributed by atoms with Crippen molar-refractivity contribution in [3.63, 3.8) is 0 Å². The van der Waals surface area contributed by atoms with Crippen molar-refractivity contribution in [2.24, 2.45) is 0 Å². The molecule has 0 saturated carbocycles. The maximum atomic E-state index is 12.4. The number of rotatable bonds is 4. The average Bonchev–Trinajstić information content (AvgIpc) is 2.68. The molecule has 8 nitrogen and oxygen atoms in total. The molecule has 0 atom stereocenters. The van der Waals surface area contributed by atoms with E-state index in [2.05, 4.69) is 10.3 Å². The number of nitrogens with zero attached hydrogens (tertiary/aromatic N) is 2. The van der Waals surface area contributed by atoms with Crippen LogP contribution in [0.15, 0.2) is 36.4 Å². The van der Waals surface area contributed by atoms with Crippen LogP contribution < -0.4 is 5.32 Å². The highest BCUT2D eigenvalue weighted by Crippen LogP contribution is 2.14. The molecule has 140 valence electrons. The van der Waals surface area contributed by atoms with E-state index in [1.807, 2.05) is 0 Å². The molecule has 3 rings (SSSR count). The van der Waals surface area contributed by atoms with Gasteiger partial charge >= 0.3 is 5.97 Å². The average molecular weight is 369 g/mol. The van der Waals surface area contributed by atoms with Crippen LogP contribution in [0, 0.1) is 6.92 Å². The van der Waals surface area contributed by atoms with Crippen LogP contribution in [-0.2, 0) is 4.74 Å². The van der Waals surface area contributed by atoms with E-state index in [0.717, 1.165) is 0 Å². The number of aromatic carboxylic acids is 1. The Morgan fingerprint density at radius 3 is 2.33 bits per heavy atom. The van der Waals surface area contributed by atoms with Crippen LogP contribution in [0.5, 0.6) is 0 Å². The number of ether oxygens (including phenoxy) is 1. The van der Waals surface area contributed by atoms with E-state index in [4.69, 9.17) is 9.84 Å². The maximum Gasteiger partial charge on any atom is 0.337 e. The molecule has 0 radical (unpaired) electrons. The molecule has 1 aromatic carbocycles. The number of aromatic nitrogens is 1. The van der Waals surface area contributed by atoms with Crippen LogP contribution in [0.2, 0.25) is 0 Å². The van der Waals surface area contributed by atoms with Crippen molar-refractivity contribution in [2.75, 3.05) is 31.6 Å². The summed E-state index contributed by atoms with van der Waals surface area (Å²) in [5.41, 5.74) is 1.49. The lowest BCUT2D eigenvalue weighted by Gasteiger charge is -2.26. The number of morpholine rings is 1. The molecule has 27 heavy (non-hydrogen) atoms. The van der Waals surface area contributed by atoms with Crippen molar-refractivity contribution in [1.29, 1.82) is 0 Å². The Labute approximate surface area is 155 Å². The van der Waals surface area contributed by atoms with Crippen molar-refractivity contribution < 1.29 is 24.2 Å². The summed E-state index contributed by atoms with van der Waals surface area (Å²) in [6.07, 6.45) is 0. The summed E-state index contributed by atoms with van der Waals surface area (Å²) in [5.74, 6) is -1.62. The molecule has 1 saturated heterocycles. The predicted octanol–water partition coefficient (Wildman–Crippen LogP) is 1.81. The van der Waals surface area contributed by atoms with Crippen molar-refractivity contribution in [3.05, 3.63) is 58.9 Å². The number of aryl methyl sites for hydroxylation is 1. The fourth-order valence-corrected chi connectivity index (χ4v) is 2.75. The number of amides is 2. The van der Waals surface area contributed by atoms with Gasteiger partial charge in [-0.3, -0.25) is 9.59 Å². The van der Waals surface area contributed by atoms with Crippen LogP contribution >= 0.6 is 0 Å². The van der Waals surface area contributed by atoms with E-state index in [9.17, 15) is 14.4 Å². The van der Waals surface area contributed by atoms with E-state index in [1.54, 1.807) is 29.2 Å². The second kappa shape index (κ2) is 7.96. The number of hydrogen-bond donors (Lipinski definition) is 2. The van der Waals surface area contributed by atoms with Gasteiger partial charge in [0.05, 0.1) is 24.5 Å². The van der Waals surface area contributed by atoms with E-state index >= 15 is 0 Å². The zero-order valence-electron chi connectivity index (χ0n) is 14.8. The zero-order valence-corrected chi connectivity index (χ0v) is 14.8. The largest absolute Gasteiger partial charge is 0.478 e. The Bertz CT molecular complexity index is 873. The minimum atomic E-state index is -1.09. The maximum absolute atomic E-state index is 12.4. The number of carboxylic acid groups (broad SMARTS) is 1. The third kappa shape index (κ3) is 4.29. The lowest BCUT2D eigenvalue weighted by atomic mass is 10.1. The topological polar surface area (TPSA) is 109 Å². The normalized spacial score (nSPS) is 13.9. The quantitative estimate of drug-likeness (QED) is 0.851. The first-order chi connectivity index (χ1) is 13.0. The fraction of sp³-hybridized carbons (Fsp3) is 0.263. The van der Waals surface area contributed by atoms with Crippen molar-refractivity contribution >= 4 is 23.5 Å². The van der Waals surface area contributed by atoms with Crippen LogP contribution in [0.3, 0.4) is 0 Å². The molecule has 2 aromatic rings. The first-order valence-corrected chi connectivity index (χ1v) is 8.45. The standard InChI is InChI=1S/C19H19N3O5/c1-12-15(19(25)26)6-7-16(20-12)17(23)21-14-4-2-13(3-5-14)18(24)22-8-10-27-11-9-22/h2-7H,8-11H2,1H3,(H,21,23)(H,25,26). The van der Waals surface area contributed by atoms with Gasteiger partial charge in [-0.1, -0.05) is 0 Å². The minimum Gasteiger partial charge on any atom is -0.478 e. The van der Waals surface area contributed by atoms with Gasteiger partial charge in [-0.05, 0) is 43.3 Å². The smallest absolute Gasteiger partial charge is 0.337 e. The van der Waals surface area contributed by atoms with Crippen molar-refractivity contribution in [3.8, 4) is 0 Å². The van der Waals surface area contributed by atoms with E-state index in [1.165, 1.54) is 19.1 Å². The van der Waals surface area contributed by atoms with E-state index in [0.29, 0.717) is 37.6 Å². The molecule has 1 aromatic heterocycles. The van der Waals surface area contributed by atoms with Crippen molar-refractivity contribution in [2.45, 2.75) is 6.92 Å². The molecule has 0 bridgehead atoms. The summed E-state index contributed by atoms with van der Waals surface area (Å²) in [6.45, 7) is 3.73. The molecule has 1 aliphatic heterocycles. The van der Waals surface area contributed by atoms with Crippen LogP contribution in [0.25, 0.3) is 0 Å². The van der Waals surface area contributed by atoms with Crippen LogP contribution in [0.1, 0.15) is 36.9 Å². The Morgan fingerprint density at radius 1 is 1.07 bits per heavy atom. The van der Waals surface area contributed by atoms with Crippen LogP contribution in [-0.4, -0.2) is 59.1 Å². The molecule has 0 unspecified atom stereocenters. The van der Waals surface area contributed by atoms with Gasteiger partial charge in [0.15, 0.2) is 0 Å². The van der Waals surface area contributed by atoms with E-state index in [-0.39, 0.29) is 22.9 Å². The lowest BCUT2D eigenvalue weighted by Crippen LogP contribution is -2.40. The predicted molar refractivity (Wildman–Crippen MR) is 97.1 cm³/mol. The Morgan fingerprint density at radius 2 is 1.74 bits per heavy atom. The van der Waals surface area contributed by atoms with Gasteiger partial charge in [0.1, 0.15) is 5.69 Å². The summed E-state index contributed by atoms with van der Waals surface area (Å²) in [7, 11) is 0.